The van der Waals surface area contributed by atoms with Crippen molar-refractivity contribution >= 4 is 63.0 Å². The highest BCUT2D eigenvalue weighted by Gasteiger charge is 2.48. The van der Waals surface area contributed by atoms with Crippen LogP contribution in [0.2, 0.25) is 0 Å². The molecule has 0 aromatic heterocycles. The van der Waals surface area contributed by atoms with Gasteiger partial charge in [-0.05, 0) is 0 Å². The molecule has 152 valence electrons. The largest absolute Gasteiger partial charge is 0.416 e. The summed E-state index contributed by atoms with van der Waals surface area (Å²) in [6, 6.07) is 0.337. The van der Waals surface area contributed by atoms with E-state index in [0.29, 0.717) is 11.9 Å². The van der Waals surface area contributed by atoms with Crippen LogP contribution < -0.4 is 0 Å². The topological polar surface area (TPSA) is 111 Å². The summed E-state index contributed by atoms with van der Waals surface area (Å²) in [5, 5.41) is 22.3. The Balaban J connectivity index is 2.74. The van der Waals surface area contributed by atoms with Gasteiger partial charge < -0.3 is 0 Å². The Morgan fingerprint density at radius 2 is 1.57 bits per heavy atom. The minimum Gasteiger partial charge on any atom is -0.258 e. The first kappa shape index (κ1) is 22.4. The van der Waals surface area contributed by atoms with Gasteiger partial charge in [0.25, 0.3) is 0 Å². The summed E-state index contributed by atoms with van der Waals surface area (Å²) in [6.07, 6.45) is -5.03. The number of alkyl halides is 5. The highest BCUT2D eigenvalue weighted by molar-refractivity contribution is 8.14. The molecule has 28 heavy (non-hydrogen) atoms. The van der Waals surface area contributed by atoms with Crippen molar-refractivity contribution in [3.05, 3.63) is 37.9 Å². The lowest BCUT2D eigenvalue weighted by Crippen LogP contribution is -2.38. The Morgan fingerprint density at radius 3 is 1.89 bits per heavy atom. The Labute approximate surface area is 170 Å². The summed E-state index contributed by atoms with van der Waals surface area (Å²) in [7, 11) is 0. The molecule has 2 rings (SSSR count). The van der Waals surface area contributed by atoms with Crippen LogP contribution in [0.3, 0.4) is 0 Å². The molecular formula is C14H11Cl2F3N4O4S. The average Bonchev–Trinajstić information content (AvgIpc) is 2.80. The van der Waals surface area contributed by atoms with Crippen molar-refractivity contribution in [3.63, 3.8) is 0 Å². The van der Waals surface area contributed by atoms with E-state index >= 15 is 0 Å². The van der Waals surface area contributed by atoms with Crippen molar-refractivity contribution in [1.29, 1.82) is 0 Å². The molecule has 1 heterocycles. The third-order valence-electron chi connectivity index (χ3n) is 3.50. The molecule has 0 bridgehead atoms. The molecule has 0 atom stereocenters. The minimum absolute atomic E-state index is 0.168. The summed E-state index contributed by atoms with van der Waals surface area (Å²) in [5.41, 5.74) is -5.26. The molecule has 0 saturated heterocycles. The average molecular weight is 459 g/mol. The minimum atomic E-state index is -5.03. The van der Waals surface area contributed by atoms with E-state index in [2.05, 4.69) is 9.39 Å². The van der Waals surface area contributed by atoms with Crippen molar-refractivity contribution < 1.29 is 23.0 Å². The number of hydrogen-bond donors (Lipinski definition) is 0. The van der Waals surface area contributed by atoms with E-state index in [4.69, 9.17) is 23.2 Å². The molecule has 1 aliphatic rings. The molecule has 0 fully saturated rings. The summed E-state index contributed by atoms with van der Waals surface area (Å²) in [4.78, 5) is 24.0. The maximum Gasteiger partial charge on any atom is 0.416 e. The van der Waals surface area contributed by atoms with Crippen molar-refractivity contribution in [1.82, 2.24) is 0 Å². The van der Waals surface area contributed by atoms with Gasteiger partial charge in [-0.25, -0.2) is 9.39 Å². The Hall–Kier alpha value is -1.92. The fourth-order valence-electron chi connectivity index (χ4n) is 2.27. The summed E-state index contributed by atoms with van der Waals surface area (Å²) in [6.45, 7) is 5.20. The lowest BCUT2D eigenvalue weighted by Gasteiger charge is -2.25. The second-order valence-corrected chi connectivity index (χ2v) is 8.73. The smallest absolute Gasteiger partial charge is 0.258 e. The molecule has 0 saturated carbocycles. The van der Waals surface area contributed by atoms with Gasteiger partial charge in [0.05, 0.1) is 21.1 Å². The maximum atomic E-state index is 13.0. The van der Waals surface area contributed by atoms with Crippen molar-refractivity contribution in [3.8, 4) is 0 Å². The number of nitro benzene ring substituents is 2. The van der Waals surface area contributed by atoms with Crippen molar-refractivity contribution in [2.75, 3.05) is 0 Å². The molecule has 0 N–H and O–H groups in total. The number of nitro groups is 2. The number of halogens is 5. The fourth-order valence-corrected chi connectivity index (χ4v) is 4.24. The van der Waals surface area contributed by atoms with Gasteiger partial charge in [0.15, 0.2) is 0 Å². The van der Waals surface area contributed by atoms with Gasteiger partial charge in [-0.2, -0.15) is 13.2 Å². The second-order valence-electron chi connectivity index (χ2n) is 6.65. The third-order valence-corrected chi connectivity index (χ3v) is 5.29. The number of rotatable bonds is 3. The van der Waals surface area contributed by atoms with E-state index in [1.165, 1.54) is 0 Å². The fraction of sp³-hybridized carbons (Fsp3) is 0.429. The van der Waals surface area contributed by atoms with Crippen LogP contribution in [0.1, 0.15) is 26.3 Å². The van der Waals surface area contributed by atoms with E-state index in [-0.39, 0.29) is 22.9 Å². The van der Waals surface area contributed by atoms with E-state index in [0.717, 1.165) is 0 Å². The van der Waals surface area contributed by atoms with Gasteiger partial charge >= 0.3 is 17.6 Å². The van der Waals surface area contributed by atoms with Crippen LogP contribution in [0, 0.1) is 25.6 Å². The predicted molar refractivity (Wildman–Crippen MR) is 101 cm³/mol. The quantitative estimate of drug-likeness (QED) is 0.243. The van der Waals surface area contributed by atoms with Crippen LogP contribution in [-0.4, -0.2) is 24.9 Å². The Bertz CT molecular complexity index is 891. The van der Waals surface area contributed by atoms with E-state index in [1.54, 1.807) is 20.8 Å². The first-order valence-corrected chi connectivity index (χ1v) is 8.86. The number of nitrogens with zero attached hydrogens (tertiary/aromatic N) is 4. The summed E-state index contributed by atoms with van der Waals surface area (Å²) < 4.78 is 41.1. The first-order chi connectivity index (χ1) is 12.6. The van der Waals surface area contributed by atoms with Crippen LogP contribution in [-0.2, 0) is 6.18 Å². The van der Waals surface area contributed by atoms with E-state index in [9.17, 15) is 33.4 Å². The van der Waals surface area contributed by atoms with Crippen molar-refractivity contribution in [2.45, 2.75) is 31.3 Å². The van der Waals surface area contributed by atoms with E-state index in [1.807, 2.05) is 0 Å². The van der Waals surface area contributed by atoms with Crippen LogP contribution in [0.15, 0.2) is 21.5 Å². The summed E-state index contributed by atoms with van der Waals surface area (Å²) in [5.74, 6) is 0. The van der Waals surface area contributed by atoms with Crippen LogP contribution in [0.4, 0.5) is 30.2 Å². The number of aliphatic imine (C=N–C) groups is 1. The van der Waals surface area contributed by atoms with Gasteiger partial charge in [-0.1, -0.05) is 44.0 Å². The first-order valence-electron chi connectivity index (χ1n) is 7.33. The van der Waals surface area contributed by atoms with Crippen molar-refractivity contribution in [2.24, 2.45) is 14.8 Å². The molecule has 0 amide bonds. The Kier molecular flexibility index (Phi) is 5.72. The molecular weight excluding hydrogens is 448 g/mol. The molecule has 1 aromatic carbocycles. The molecule has 14 heteroatoms. The molecule has 1 aliphatic heterocycles. The zero-order valence-electron chi connectivity index (χ0n) is 14.4. The zero-order chi connectivity index (χ0) is 21.7. The van der Waals surface area contributed by atoms with Crippen LogP contribution >= 0.6 is 35.1 Å². The normalized spacial score (nSPS) is 18.3. The monoisotopic (exact) mass is 458 g/mol. The number of hydrogen-bond acceptors (Lipinski definition) is 7. The SMILES string of the molecule is CC(C)(C)C1=NSC(=Nc2c([N+](=O)[O-])cc(C(F)(F)F)cc2[N+](=O)[O-])C1(Cl)Cl. The van der Waals surface area contributed by atoms with Crippen LogP contribution in [0.25, 0.3) is 0 Å². The highest BCUT2D eigenvalue weighted by atomic mass is 35.5. The zero-order valence-corrected chi connectivity index (χ0v) is 16.7. The molecule has 8 nitrogen and oxygen atoms in total. The predicted octanol–water partition coefficient (Wildman–Crippen LogP) is 5.87. The molecule has 1 aromatic rings. The highest BCUT2D eigenvalue weighted by Crippen LogP contribution is 2.48. The Morgan fingerprint density at radius 1 is 1.11 bits per heavy atom. The molecule has 0 unspecified atom stereocenters. The van der Waals surface area contributed by atoms with E-state index < -0.39 is 48.4 Å². The maximum absolute atomic E-state index is 13.0. The molecule has 0 radical (unpaired) electrons. The van der Waals surface area contributed by atoms with Gasteiger partial charge in [-0.3, -0.25) is 20.2 Å². The third kappa shape index (κ3) is 4.23. The lowest BCUT2D eigenvalue weighted by atomic mass is 9.88. The van der Waals surface area contributed by atoms with Crippen LogP contribution in [0.5, 0.6) is 0 Å². The molecule has 0 aliphatic carbocycles. The van der Waals surface area contributed by atoms with Gasteiger partial charge in [0, 0.05) is 29.5 Å². The van der Waals surface area contributed by atoms with Gasteiger partial charge in [0.1, 0.15) is 5.04 Å². The molecule has 0 spiro atoms. The standard InChI is InChI=1S/C14H11Cl2F3N4O4S/c1-12(2,3)10-13(15,16)11(28-21-10)20-9-7(22(24)25)4-6(14(17,18)19)5-8(9)23(26)27/h4-5H,1-3H3. The van der Waals surface area contributed by atoms with Gasteiger partial charge in [-0.15, -0.1) is 0 Å². The second kappa shape index (κ2) is 7.16. The summed E-state index contributed by atoms with van der Waals surface area (Å²) >= 11 is 13.2. The van der Waals surface area contributed by atoms with Gasteiger partial charge in [0.2, 0.25) is 10.0 Å². The number of benzene rings is 1. The lowest BCUT2D eigenvalue weighted by molar-refractivity contribution is -0.392.